The van der Waals surface area contributed by atoms with Crippen molar-refractivity contribution in [2.45, 2.75) is 6.92 Å². The molecule has 4 rings (SSSR count). The summed E-state index contributed by atoms with van der Waals surface area (Å²) in [6, 6.07) is 13.6. The molecule has 0 bridgehead atoms. The van der Waals surface area contributed by atoms with Crippen LogP contribution in [0.15, 0.2) is 52.9 Å². The van der Waals surface area contributed by atoms with Crippen LogP contribution in [0, 0.1) is 17.0 Å². The first-order chi connectivity index (χ1) is 14.5. The number of nitrogens with zero attached hydrogens (tertiary/aromatic N) is 5. The number of para-hydroxylation sites is 1. The van der Waals surface area contributed by atoms with E-state index in [0.717, 1.165) is 0 Å². The molecule has 0 saturated carbocycles. The van der Waals surface area contributed by atoms with Gasteiger partial charge in [0.1, 0.15) is 22.3 Å². The second kappa shape index (κ2) is 8.19. The Morgan fingerprint density at radius 1 is 1.10 bits per heavy atom. The molecule has 10 nitrogen and oxygen atoms in total. The van der Waals surface area contributed by atoms with Crippen molar-refractivity contribution in [3.63, 3.8) is 0 Å². The van der Waals surface area contributed by atoms with E-state index < -0.39 is 10.8 Å². The molecule has 3 aromatic rings. The Labute approximate surface area is 171 Å². The number of amides is 1. The third-order valence-electron chi connectivity index (χ3n) is 4.64. The zero-order valence-corrected chi connectivity index (χ0v) is 16.2. The van der Waals surface area contributed by atoms with Gasteiger partial charge in [0.2, 0.25) is 5.88 Å². The third-order valence-corrected chi connectivity index (χ3v) is 4.64. The fourth-order valence-corrected chi connectivity index (χ4v) is 3.18. The molecule has 3 heterocycles. The number of carbonyl (C=O) groups excluding carboxylic acids is 1. The molecule has 1 saturated heterocycles. The number of aromatic nitrogens is 2. The van der Waals surface area contributed by atoms with E-state index >= 15 is 0 Å². The Balaban J connectivity index is 1.42. The van der Waals surface area contributed by atoms with Crippen LogP contribution in [0.3, 0.4) is 0 Å². The van der Waals surface area contributed by atoms with Crippen LogP contribution in [0.1, 0.15) is 16.4 Å². The summed E-state index contributed by atoms with van der Waals surface area (Å²) in [5.41, 5.74) is 0. The molecule has 1 fully saturated rings. The van der Waals surface area contributed by atoms with E-state index in [-0.39, 0.29) is 11.7 Å². The first kappa shape index (κ1) is 19.4. The summed E-state index contributed by atoms with van der Waals surface area (Å²) in [6.45, 7) is 3.77. The maximum atomic E-state index is 12.5. The van der Waals surface area contributed by atoms with Crippen molar-refractivity contribution in [2.24, 2.45) is 0 Å². The number of carbonyl (C=O) groups is 1. The van der Waals surface area contributed by atoms with Gasteiger partial charge < -0.3 is 19.0 Å². The highest BCUT2D eigenvalue weighted by Gasteiger charge is 2.27. The van der Waals surface area contributed by atoms with Gasteiger partial charge in [0.05, 0.1) is 6.07 Å². The van der Waals surface area contributed by atoms with E-state index in [9.17, 15) is 14.9 Å². The van der Waals surface area contributed by atoms with Gasteiger partial charge in [-0.3, -0.25) is 14.9 Å². The van der Waals surface area contributed by atoms with Crippen molar-refractivity contribution in [2.75, 3.05) is 31.1 Å². The van der Waals surface area contributed by atoms with E-state index in [1.165, 1.54) is 12.1 Å². The predicted octanol–water partition coefficient (Wildman–Crippen LogP) is 3.04. The SMILES string of the molecule is Cc1nc(Oc2ccccc2)cc(N2CCN(C(=O)c3ccc([N+](=O)[O-])o3)CC2)n1. The van der Waals surface area contributed by atoms with Crippen molar-refractivity contribution in [3.05, 3.63) is 70.2 Å². The second-order valence-electron chi connectivity index (χ2n) is 6.70. The molecule has 1 aromatic carbocycles. The third kappa shape index (κ3) is 4.22. The summed E-state index contributed by atoms with van der Waals surface area (Å²) in [6.07, 6.45) is 0. The highest BCUT2D eigenvalue weighted by atomic mass is 16.6. The summed E-state index contributed by atoms with van der Waals surface area (Å²) in [4.78, 5) is 35.1. The Kier molecular flexibility index (Phi) is 5.29. The largest absolute Gasteiger partial charge is 0.439 e. The molecule has 0 atom stereocenters. The van der Waals surface area contributed by atoms with E-state index in [4.69, 9.17) is 9.15 Å². The van der Waals surface area contributed by atoms with Gasteiger partial charge in [0, 0.05) is 32.2 Å². The number of aryl methyl sites for hydroxylation is 1. The summed E-state index contributed by atoms with van der Waals surface area (Å²) in [5, 5.41) is 10.7. The molecule has 10 heteroatoms. The molecule has 1 aliphatic rings. The van der Waals surface area contributed by atoms with Gasteiger partial charge in [-0.05, 0) is 25.1 Å². The van der Waals surface area contributed by atoms with E-state index in [0.29, 0.717) is 49.5 Å². The Bertz CT molecular complexity index is 1060. The average molecular weight is 409 g/mol. The number of hydrogen-bond acceptors (Lipinski definition) is 8. The minimum Gasteiger partial charge on any atom is -0.439 e. The zero-order chi connectivity index (χ0) is 21.1. The predicted molar refractivity (Wildman–Crippen MR) is 107 cm³/mol. The fraction of sp³-hybridized carbons (Fsp3) is 0.250. The molecule has 0 aliphatic carbocycles. The number of anilines is 1. The molecule has 154 valence electrons. The fourth-order valence-electron chi connectivity index (χ4n) is 3.18. The number of hydrogen-bond donors (Lipinski definition) is 0. The molecule has 0 spiro atoms. The molecular weight excluding hydrogens is 390 g/mol. The molecular formula is C20H19N5O5. The molecule has 0 radical (unpaired) electrons. The Morgan fingerprint density at radius 2 is 1.83 bits per heavy atom. The van der Waals surface area contributed by atoms with Gasteiger partial charge in [-0.1, -0.05) is 18.2 Å². The van der Waals surface area contributed by atoms with Gasteiger partial charge in [-0.2, -0.15) is 4.98 Å². The van der Waals surface area contributed by atoms with Gasteiger partial charge in [-0.25, -0.2) is 4.98 Å². The quantitative estimate of drug-likeness (QED) is 0.466. The zero-order valence-electron chi connectivity index (χ0n) is 16.2. The van der Waals surface area contributed by atoms with E-state index in [2.05, 4.69) is 9.97 Å². The number of benzene rings is 1. The van der Waals surface area contributed by atoms with Crippen LogP contribution in [0.2, 0.25) is 0 Å². The maximum absolute atomic E-state index is 12.5. The number of piperazine rings is 1. The standard InChI is InChI=1S/C20H19N5O5/c1-14-21-17(13-18(22-14)29-15-5-3-2-4-6-15)23-9-11-24(12-10-23)20(26)16-7-8-19(30-16)25(27)28/h2-8,13H,9-12H2,1H3. The minimum atomic E-state index is -0.665. The molecule has 1 amide bonds. The van der Waals surface area contributed by atoms with Crippen molar-refractivity contribution in [3.8, 4) is 11.6 Å². The monoisotopic (exact) mass is 409 g/mol. The van der Waals surface area contributed by atoms with E-state index in [1.54, 1.807) is 17.9 Å². The molecule has 0 unspecified atom stereocenters. The summed E-state index contributed by atoms with van der Waals surface area (Å²) < 4.78 is 10.8. The van der Waals surface area contributed by atoms with Crippen LogP contribution in [0.5, 0.6) is 11.6 Å². The van der Waals surface area contributed by atoms with Gasteiger partial charge >= 0.3 is 5.88 Å². The van der Waals surface area contributed by atoms with Gasteiger partial charge in [0.25, 0.3) is 5.91 Å². The lowest BCUT2D eigenvalue weighted by atomic mass is 10.2. The van der Waals surface area contributed by atoms with Crippen molar-refractivity contribution < 1.29 is 18.9 Å². The van der Waals surface area contributed by atoms with Crippen LogP contribution in [-0.2, 0) is 0 Å². The lowest BCUT2D eigenvalue weighted by Crippen LogP contribution is -2.49. The first-order valence-electron chi connectivity index (χ1n) is 9.36. The van der Waals surface area contributed by atoms with Crippen LogP contribution in [0.4, 0.5) is 11.7 Å². The first-order valence-corrected chi connectivity index (χ1v) is 9.36. The summed E-state index contributed by atoms with van der Waals surface area (Å²) >= 11 is 0. The number of ether oxygens (including phenoxy) is 1. The molecule has 30 heavy (non-hydrogen) atoms. The topological polar surface area (TPSA) is 115 Å². The van der Waals surface area contributed by atoms with E-state index in [1.807, 2.05) is 35.2 Å². The van der Waals surface area contributed by atoms with Crippen LogP contribution in [-0.4, -0.2) is 51.9 Å². The molecule has 0 N–H and O–H groups in total. The molecule has 2 aromatic heterocycles. The van der Waals surface area contributed by atoms with Crippen LogP contribution >= 0.6 is 0 Å². The lowest BCUT2D eigenvalue weighted by molar-refractivity contribution is -0.402. The van der Waals surface area contributed by atoms with Crippen molar-refractivity contribution in [1.29, 1.82) is 0 Å². The summed E-state index contributed by atoms with van der Waals surface area (Å²) in [7, 11) is 0. The Hall–Kier alpha value is -3.95. The minimum absolute atomic E-state index is 0.0356. The Morgan fingerprint density at radius 3 is 2.50 bits per heavy atom. The maximum Gasteiger partial charge on any atom is 0.433 e. The van der Waals surface area contributed by atoms with Gasteiger partial charge in [-0.15, -0.1) is 0 Å². The smallest absolute Gasteiger partial charge is 0.433 e. The second-order valence-corrected chi connectivity index (χ2v) is 6.70. The lowest BCUT2D eigenvalue weighted by Gasteiger charge is -2.35. The van der Waals surface area contributed by atoms with Crippen molar-refractivity contribution >= 4 is 17.6 Å². The summed E-state index contributed by atoms with van der Waals surface area (Å²) in [5.74, 6) is 1.59. The van der Waals surface area contributed by atoms with Gasteiger partial charge in [0.15, 0.2) is 5.76 Å². The average Bonchev–Trinajstić information content (AvgIpc) is 3.24. The number of furan rings is 1. The number of nitro groups is 1. The van der Waals surface area contributed by atoms with Crippen molar-refractivity contribution in [1.82, 2.24) is 14.9 Å². The normalized spacial score (nSPS) is 13.9. The van der Waals surface area contributed by atoms with Crippen LogP contribution in [0.25, 0.3) is 0 Å². The molecule has 1 aliphatic heterocycles. The highest BCUT2D eigenvalue weighted by molar-refractivity contribution is 5.92. The highest BCUT2D eigenvalue weighted by Crippen LogP contribution is 2.24. The van der Waals surface area contributed by atoms with Crippen LogP contribution < -0.4 is 9.64 Å². The number of rotatable bonds is 5.